The Morgan fingerprint density at radius 1 is 1.12 bits per heavy atom. The van der Waals surface area contributed by atoms with Crippen molar-refractivity contribution in [2.24, 2.45) is 0 Å². The first-order chi connectivity index (χ1) is 12.6. The Bertz CT molecular complexity index is 922. The van der Waals surface area contributed by atoms with Gasteiger partial charge in [-0.15, -0.1) is 0 Å². The summed E-state index contributed by atoms with van der Waals surface area (Å²) in [6, 6.07) is 16.0. The Morgan fingerprint density at radius 3 is 2.58 bits per heavy atom. The van der Waals surface area contributed by atoms with Crippen molar-refractivity contribution in [3.63, 3.8) is 0 Å². The van der Waals surface area contributed by atoms with Gasteiger partial charge in [-0.1, -0.05) is 72.5 Å². The van der Waals surface area contributed by atoms with Crippen molar-refractivity contribution in [2.75, 3.05) is 10.7 Å². The maximum atomic E-state index is 12.8. The highest BCUT2D eigenvalue weighted by molar-refractivity contribution is 8.14. The van der Waals surface area contributed by atoms with Gasteiger partial charge >= 0.3 is 0 Å². The molecule has 0 atom stereocenters. The number of hydrogen-bond donors (Lipinski definition) is 0. The average Bonchev–Trinajstić information content (AvgIpc) is 3.08. The summed E-state index contributed by atoms with van der Waals surface area (Å²) >= 11 is 2.55. The van der Waals surface area contributed by atoms with Crippen LogP contribution >= 0.6 is 23.1 Å². The molecule has 1 aromatic heterocycles. The van der Waals surface area contributed by atoms with E-state index in [-0.39, 0.29) is 16.8 Å². The van der Waals surface area contributed by atoms with Crippen LogP contribution < -0.4 is 4.90 Å². The fourth-order valence-corrected chi connectivity index (χ4v) is 4.18. The first kappa shape index (κ1) is 18.6. The first-order valence-corrected chi connectivity index (χ1v) is 10.2. The van der Waals surface area contributed by atoms with Gasteiger partial charge in [0.15, 0.2) is 10.2 Å². The number of hydrogen-bond acceptors (Lipinski definition) is 5. The van der Waals surface area contributed by atoms with Crippen molar-refractivity contribution in [2.45, 2.75) is 26.8 Å². The molecular weight excluding hydrogens is 364 g/mol. The summed E-state index contributed by atoms with van der Waals surface area (Å²) < 4.78 is 1.07. The minimum atomic E-state index is -0.105. The Hall–Kier alpha value is -2.18. The largest absolute Gasteiger partial charge is 0.288 e. The van der Waals surface area contributed by atoms with Crippen LogP contribution in [-0.4, -0.2) is 21.8 Å². The van der Waals surface area contributed by atoms with E-state index >= 15 is 0 Å². The van der Waals surface area contributed by atoms with Gasteiger partial charge in [-0.25, -0.2) is 4.98 Å². The second kappa shape index (κ2) is 8.47. The summed E-state index contributed by atoms with van der Waals surface area (Å²) in [7, 11) is 0. The van der Waals surface area contributed by atoms with E-state index in [1.54, 1.807) is 4.90 Å². The van der Waals surface area contributed by atoms with Crippen molar-refractivity contribution in [3.8, 4) is 0 Å². The summed E-state index contributed by atoms with van der Waals surface area (Å²) in [5.41, 5.74) is 3.17. The second-order valence-corrected chi connectivity index (χ2v) is 8.02. The van der Waals surface area contributed by atoms with Gasteiger partial charge in [0.05, 0.1) is 22.5 Å². The number of para-hydroxylation sites is 1. The molecule has 0 radical (unpaired) electrons. The van der Waals surface area contributed by atoms with Crippen LogP contribution in [0.5, 0.6) is 0 Å². The van der Waals surface area contributed by atoms with Crippen LogP contribution in [0, 0.1) is 0 Å². The van der Waals surface area contributed by atoms with E-state index in [0.29, 0.717) is 11.7 Å². The van der Waals surface area contributed by atoms with Gasteiger partial charge in [-0.2, -0.15) is 0 Å². The number of carbonyl (C=O) groups excluding carboxylic acids is 2. The van der Waals surface area contributed by atoms with Crippen LogP contribution in [0.1, 0.15) is 25.0 Å². The van der Waals surface area contributed by atoms with Gasteiger partial charge in [-0.3, -0.25) is 14.5 Å². The summed E-state index contributed by atoms with van der Waals surface area (Å²) in [5, 5.41) is 0.620. The predicted octanol–water partition coefficient (Wildman–Crippen LogP) is 4.67. The van der Waals surface area contributed by atoms with E-state index in [2.05, 4.69) is 13.0 Å². The SMILES string of the molecule is CCc1cccc2sc(N(Cc3ccccc3)C(=O)CSC(C)=O)nc12. The molecule has 3 rings (SSSR count). The van der Waals surface area contributed by atoms with E-state index in [1.165, 1.54) is 23.8 Å². The number of carbonyl (C=O) groups is 2. The zero-order valence-corrected chi connectivity index (χ0v) is 16.4. The molecule has 3 aromatic rings. The maximum Gasteiger partial charge on any atom is 0.239 e. The van der Waals surface area contributed by atoms with Gasteiger partial charge in [0.25, 0.3) is 0 Å². The van der Waals surface area contributed by atoms with Crippen LogP contribution in [0.2, 0.25) is 0 Å². The topological polar surface area (TPSA) is 50.3 Å². The van der Waals surface area contributed by atoms with Crippen molar-refractivity contribution in [3.05, 3.63) is 59.7 Å². The molecule has 0 N–H and O–H groups in total. The Morgan fingerprint density at radius 2 is 1.88 bits per heavy atom. The van der Waals surface area contributed by atoms with Crippen molar-refractivity contribution < 1.29 is 9.59 Å². The fraction of sp³-hybridized carbons (Fsp3) is 0.250. The lowest BCUT2D eigenvalue weighted by atomic mass is 10.1. The molecule has 4 nitrogen and oxygen atoms in total. The molecule has 134 valence electrons. The van der Waals surface area contributed by atoms with E-state index in [4.69, 9.17) is 4.98 Å². The summed E-state index contributed by atoms with van der Waals surface area (Å²) in [6.07, 6.45) is 0.896. The standard InChI is InChI=1S/C20H20N2O2S2/c1-3-16-10-7-11-17-19(16)21-20(26-17)22(18(24)13-25-14(2)23)12-15-8-5-4-6-9-15/h4-11H,3,12-13H2,1-2H3. The number of thiazole rings is 1. The number of rotatable bonds is 6. The van der Waals surface area contributed by atoms with Crippen LogP contribution in [0.4, 0.5) is 5.13 Å². The normalized spacial score (nSPS) is 10.8. The second-order valence-electron chi connectivity index (χ2n) is 5.86. The first-order valence-electron chi connectivity index (χ1n) is 8.44. The molecule has 0 aliphatic heterocycles. The number of aryl methyl sites for hydroxylation is 1. The molecule has 0 spiro atoms. The monoisotopic (exact) mass is 384 g/mol. The number of fused-ring (bicyclic) bond motifs is 1. The quantitative estimate of drug-likeness (QED) is 0.620. The van der Waals surface area contributed by atoms with Crippen molar-refractivity contribution >= 4 is 49.5 Å². The Balaban J connectivity index is 1.96. The average molecular weight is 385 g/mol. The zero-order chi connectivity index (χ0) is 18.5. The molecule has 0 unspecified atom stereocenters. The highest BCUT2D eigenvalue weighted by Gasteiger charge is 2.21. The number of amides is 1. The maximum absolute atomic E-state index is 12.8. The third-order valence-electron chi connectivity index (χ3n) is 3.99. The van der Waals surface area contributed by atoms with Crippen molar-refractivity contribution in [1.82, 2.24) is 4.98 Å². The molecule has 6 heteroatoms. The Labute approximate surface area is 161 Å². The third kappa shape index (κ3) is 4.31. The lowest BCUT2D eigenvalue weighted by molar-refractivity contribution is -0.116. The lowest BCUT2D eigenvalue weighted by Crippen LogP contribution is -2.32. The predicted molar refractivity (Wildman–Crippen MR) is 110 cm³/mol. The Kier molecular flexibility index (Phi) is 6.06. The number of anilines is 1. The van der Waals surface area contributed by atoms with Crippen LogP contribution in [-0.2, 0) is 22.6 Å². The molecule has 0 aliphatic rings. The van der Waals surface area contributed by atoms with Gasteiger partial charge in [0, 0.05) is 6.92 Å². The van der Waals surface area contributed by atoms with Gasteiger partial charge in [0.1, 0.15) is 0 Å². The number of aromatic nitrogens is 1. The highest BCUT2D eigenvalue weighted by Crippen LogP contribution is 2.32. The lowest BCUT2D eigenvalue weighted by Gasteiger charge is -2.19. The van der Waals surface area contributed by atoms with Crippen LogP contribution in [0.25, 0.3) is 10.2 Å². The zero-order valence-electron chi connectivity index (χ0n) is 14.8. The fourth-order valence-electron chi connectivity index (χ4n) is 2.66. The minimum absolute atomic E-state index is 0.0596. The van der Waals surface area contributed by atoms with Gasteiger partial charge in [0.2, 0.25) is 5.91 Å². The van der Waals surface area contributed by atoms with E-state index in [1.807, 2.05) is 42.5 Å². The highest BCUT2D eigenvalue weighted by atomic mass is 32.2. The molecular formula is C20H20N2O2S2. The molecule has 1 heterocycles. The van der Waals surface area contributed by atoms with E-state index < -0.39 is 0 Å². The summed E-state index contributed by atoms with van der Waals surface area (Å²) in [6.45, 7) is 4.02. The molecule has 0 fully saturated rings. The number of nitrogens with zero attached hydrogens (tertiary/aromatic N) is 2. The molecule has 0 saturated carbocycles. The number of thioether (sulfide) groups is 1. The molecule has 2 aromatic carbocycles. The minimum Gasteiger partial charge on any atom is -0.288 e. The van der Waals surface area contributed by atoms with Gasteiger partial charge in [-0.05, 0) is 23.6 Å². The van der Waals surface area contributed by atoms with E-state index in [9.17, 15) is 9.59 Å². The summed E-state index contributed by atoms with van der Waals surface area (Å²) in [5.74, 6) is 0.0183. The molecule has 0 aliphatic carbocycles. The summed E-state index contributed by atoms with van der Waals surface area (Å²) in [4.78, 5) is 30.5. The molecule has 0 bridgehead atoms. The smallest absolute Gasteiger partial charge is 0.239 e. The molecule has 0 saturated heterocycles. The molecule has 26 heavy (non-hydrogen) atoms. The van der Waals surface area contributed by atoms with E-state index in [0.717, 1.165) is 34.0 Å². The van der Waals surface area contributed by atoms with Crippen LogP contribution in [0.15, 0.2) is 48.5 Å². The molecule has 1 amide bonds. The van der Waals surface area contributed by atoms with Gasteiger partial charge < -0.3 is 0 Å². The number of benzene rings is 2. The third-order valence-corrected chi connectivity index (χ3v) is 5.83. The van der Waals surface area contributed by atoms with Crippen LogP contribution in [0.3, 0.4) is 0 Å². The van der Waals surface area contributed by atoms with Crippen molar-refractivity contribution in [1.29, 1.82) is 0 Å².